The summed E-state index contributed by atoms with van der Waals surface area (Å²) in [6, 6.07) is 17.2. The quantitative estimate of drug-likeness (QED) is 0.192. The van der Waals surface area contributed by atoms with E-state index in [0.29, 0.717) is 33.5 Å². The molecular weight excluding hydrogens is 472 g/mol. The molecule has 0 aromatic heterocycles. The molecule has 0 aliphatic heterocycles. The smallest absolute Gasteiger partial charge is 0.259 e. The van der Waals surface area contributed by atoms with Gasteiger partial charge in [0, 0.05) is 22.8 Å². The molecule has 5 N–H and O–H groups in total. The molecule has 0 fully saturated rings. The number of hydrazine groups is 1. The third-order valence-corrected chi connectivity index (χ3v) is 5.52. The first-order valence-electron chi connectivity index (χ1n) is 10.6. The number of hydrogen-bond acceptors (Lipinski definition) is 7. The van der Waals surface area contributed by atoms with Crippen LogP contribution in [0.1, 0.15) is 27.5 Å². The number of carbonyl (C=O) groups excluding carboxylic acids is 2. The van der Waals surface area contributed by atoms with Crippen LogP contribution >= 0.6 is 11.6 Å². The second kappa shape index (κ2) is 12.1. The van der Waals surface area contributed by atoms with Crippen molar-refractivity contribution in [2.75, 3.05) is 33.2 Å². The lowest BCUT2D eigenvalue weighted by Crippen LogP contribution is -2.39. The molecule has 1 atom stereocenters. The van der Waals surface area contributed by atoms with E-state index in [1.807, 2.05) is 30.3 Å². The first-order valence-corrected chi connectivity index (χ1v) is 11.0. The Morgan fingerprint density at radius 2 is 1.57 bits per heavy atom. The number of hydrogen-bond donors (Lipinski definition) is 4. The van der Waals surface area contributed by atoms with E-state index >= 15 is 0 Å². The molecule has 0 unspecified atom stereocenters. The minimum Gasteiger partial charge on any atom is -0.496 e. The monoisotopic (exact) mass is 498 g/mol. The van der Waals surface area contributed by atoms with Gasteiger partial charge in [-0.3, -0.25) is 20.3 Å². The molecule has 10 heteroatoms. The predicted molar refractivity (Wildman–Crippen MR) is 134 cm³/mol. The van der Waals surface area contributed by atoms with Crippen molar-refractivity contribution < 1.29 is 23.8 Å². The van der Waals surface area contributed by atoms with Crippen molar-refractivity contribution >= 4 is 29.1 Å². The first-order chi connectivity index (χ1) is 16.9. The molecule has 0 spiro atoms. The average molecular weight is 499 g/mol. The lowest BCUT2D eigenvalue weighted by atomic mass is 9.96. The van der Waals surface area contributed by atoms with E-state index in [9.17, 15) is 9.59 Å². The maximum Gasteiger partial charge on any atom is 0.259 e. The van der Waals surface area contributed by atoms with Crippen LogP contribution in [0.4, 0.5) is 5.69 Å². The maximum absolute atomic E-state index is 13.3. The topological polar surface area (TPSA) is 124 Å². The zero-order valence-electron chi connectivity index (χ0n) is 19.6. The second-order valence-electron chi connectivity index (χ2n) is 7.39. The minimum atomic E-state index is -0.477. The Kier molecular flexibility index (Phi) is 8.91. The summed E-state index contributed by atoms with van der Waals surface area (Å²) < 4.78 is 16.0. The Balaban J connectivity index is 2.03. The average Bonchev–Trinajstić information content (AvgIpc) is 2.89. The number of carbonyl (C=O) groups is 2. The molecule has 0 saturated heterocycles. The highest BCUT2D eigenvalue weighted by Gasteiger charge is 2.23. The van der Waals surface area contributed by atoms with Gasteiger partial charge in [-0.2, -0.15) is 0 Å². The molecule has 3 aromatic rings. The molecule has 9 nitrogen and oxygen atoms in total. The van der Waals surface area contributed by atoms with Gasteiger partial charge >= 0.3 is 0 Å². The highest BCUT2D eigenvalue weighted by Crippen LogP contribution is 2.36. The fourth-order valence-corrected chi connectivity index (χ4v) is 3.76. The molecule has 0 radical (unpaired) electrons. The Morgan fingerprint density at radius 3 is 2.20 bits per heavy atom. The number of rotatable bonds is 10. The Hall–Kier alpha value is -3.79. The summed E-state index contributed by atoms with van der Waals surface area (Å²) in [7, 11) is 4.44. The van der Waals surface area contributed by atoms with Gasteiger partial charge in [0.15, 0.2) is 11.5 Å². The molecular formula is C25H27ClN4O5. The van der Waals surface area contributed by atoms with Crippen molar-refractivity contribution in [3.63, 3.8) is 0 Å². The van der Waals surface area contributed by atoms with Crippen molar-refractivity contribution in [1.82, 2.24) is 10.7 Å². The van der Waals surface area contributed by atoms with Gasteiger partial charge in [0.05, 0.1) is 39.5 Å². The van der Waals surface area contributed by atoms with E-state index in [0.717, 1.165) is 5.56 Å². The maximum atomic E-state index is 13.3. The van der Waals surface area contributed by atoms with Crippen LogP contribution in [0.15, 0.2) is 60.7 Å². The van der Waals surface area contributed by atoms with Gasteiger partial charge in [0.1, 0.15) is 5.75 Å². The zero-order valence-corrected chi connectivity index (χ0v) is 20.3. The standard InChI is InChI=1S/C25H27ClN4O5/c1-33-20-13-22(35-3)21(34-2)12-18(20)25(32)29-19-10-9-16(26)11-17(19)24(28-14-23(31)30-27)15-7-5-4-6-8-15/h4-13,24,28H,14,27H2,1-3H3,(H,29,32)(H,30,31)/t24-/m0/s1. The zero-order chi connectivity index (χ0) is 25.4. The number of nitrogens with one attached hydrogen (secondary N) is 3. The molecule has 184 valence electrons. The Morgan fingerprint density at radius 1 is 0.914 bits per heavy atom. The number of anilines is 1. The number of halogens is 1. The van der Waals surface area contributed by atoms with Crippen molar-refractivity contribution in [1.29, 1.82) is 0 Å². The summed E-state index contributed by atoms with van der Waals surface area (Å²) in [5.41, 5.74) is 4.36. The number of ether oxygens (including phenoxy) is 3. The molecule has 3 aromatic carbocycles. The fraction of sp³-hybridized carbons (Fsp3) is 0.200. The van der Waals surface area contributed by atoms with Gasteiger partial charge in [0.2, 0.25) is 5.91 Å². The Labute approximate surface area is 208 Å². The predicted octanol–water partition coefficient (Wildman–Crippen LogP) is 3.29. The van der Waals surface area contributed by atoms with Gasteiger partial charge in [-0.15, -0.1) is 0 Å². The summed E-state index contributed by atoms with van der Waals surface area (Å²) in [5.74, 6) is 5.54. The molecule has 0 bridgehead atoms. The number of benzene rings is 3. The van der Waals surface area contributed by atoms with Crippen LogP contribution in [0.25, 0.3) is 0 Å². The summed E-state index contributed by atoms with van der Waals surface area (Å²) in [6.07, 6.45) is 0. The number of amides is 2. The lowest BCUT2D eigenvalue weighted by molar-refractivity contribution is -0.120. The number of nitrogens with two attached hydrogens (primary N) is 1. The summed E-state index contributed by atoms with van der Waals surface area (Å²) in [4.78, 5) is 25.2. The third kappa shape index (κ3) is 6.21. The van der Waals surface area contributed by atoms with E-state index in [1.54, 1.807) is 30.3 Å². The van der Waals surface area contributed by atoms with E-state index in [2.05, 4.69) is 16.1 Å². The largest absolute Gasteiger partial charge is 0.496 e. The van der Waals surface area contributed by atoms with Gasteiger partial charge < -0.3 is 19.5 Å². The van der Waals surface area contributed by atoms with Crippen molar-refractivity contribution in [3.8, 4) is 17.2 Å². The van der Waals surface area contributed by atoms with E-state index in [1.165, 1.54) is 21.3 Å². The second-order valence-corrected chi connectivity index (χ2v) is 7.82. The molecule has 2 amide bonds. The van der Waals surface area contributed by atoms with Gasteiger partial charge in [-0.1, -0.05) is 41.9 Å². The van der Waals surface area contributed by atoms with Gasteiger partial charge in [-0.25, -0.2) is 5.84 Å². The van der Waals surface area contributed by atoms with Gasteiger partial charge in [-0.05, 0) is 29.3 Å². The van der Waals surface area contributed by atoms with E-state index < -0.39 is 17.9 Å². The van der Waals surface area contributed by atoms with Crippen LogP contribution in [0.5, 0.6) is 17.2 Å². The van der Waals surface area contributed by atoms with E-state index in [4.69, 9.17) is 31.7 Å². The van der Waals surface area contributed by atoms with Crippen molar-refractivity contribution in [3.05, 3.63) is 82.4 Å². The van der Waals surface area contributed by atoms with Crippen molar-refractivity contribution in [2.24, 2.45) is 5.84 Å². The molecule has 0 aliphatic carbocycles. The lowest BCUT2D eigenvalue weighted by Gasteiger charge is -2.23. The van der Waals surface area contributed by atoms with Crippen LogP contribution in [-0.4, -0.2) is 39.7 Å². The summed E-state index contributed by atoms with van der Waals surface area (Å²) in [6.45, 7) is -0.0561. The molecule has 0 saturated carbocycles. The van der Waals surface area contributed by atoms with Crippen LogP contribution in [0.2, 0.25) is 5.02 Å². The van der Waals surface area contributed by atoms with Crippen LogP contribution in [-0.2, 0) is 4.79 Å². The van der Waals surface area contributed by atoms with Crippen LogP contribution in [0, 0.1) is 0 Å². The molecule has 3 rings (SSSR count). The van der Waals surface area contributed by atoms with Crippen molar-refractivity contribution in [2.45, 2.75) is 6.04 Å². The molecule has 35 heavy (non-hydrogen) atoms. The highest BCUT2D eigenvalue weighted by atomic mass is 35.5. The van der Waals surface area contributed by atoms with Crippen LogP contribution < -0.4 is 36.1 Å². The Bertz CT molecular complexity index is 1190. The van der Waals surface area contributed by atoms with Crippen LogP contribution in [0.3, 0.4) is 0 Å². The summed E-state index contributed by atoms with van der Waals surface area (Å²) >= 11 is 6.32. The summed E-state index contributed by atoms with van der Waals surface area (Å²) in [5, 5.41) is 6.57. The third-order valence-electron chi connectivity index (χ3n) is 5.28. The SMILES string of the molecule is COc1cc(OC)c(C(=O)Nc2ccc(Cl)cc2[C@@H](NCC(=O)NN)c2ccccc2)cc1OC. The molecule has 0 aliphatic rings. The number of methoxy groups -OCH3 is 3. The molecule has 0 heterocycles. The fourth-order valence-electron chi connectivity index (χ4n) is 3.58. The highest BCUT2D eigenvalue weighted by molar-refractivity contribution is 6.30. The first kappa shape index (κ1) is 25.8. The minimum absolute atomic E-state index is 0.0561. The van der Waals surface area contributed by atoms with E-state index in [-0.39, 0.29) is 12.1 Å². The van der Waals surface area contributed by atoms with Gasteiger partial charge in [0.25, 0.3) is 5.91 Å². The normalized spacial score (nSPS) is 11.3.